The third-order valence-corrected chi connectivity index (χ3v) is 3.05. The third kappa shape index (κ3) is 3.21. The molecule has 0 aromatic heterocycles. The molecular formula is C12H19NO5. The van der Waals surface area contributed by atoms with Crippen molar-refractivity contribution in [2.24, 2.45) is 11.8 Å². The minimum absolute atomic E-state index is 0.0408. The van der Waals surface area contributed by atoms with E-state index in [-0.39, 0.29) is 24.8 Å². The van der Waals surface area contributed by atoms with Crippen molar-refractivity contribution in [1.82, 2.24) is 4.90 Å². The smallest absolute Gasteiger partial charge is 0.328 e. The molecule has 0 spiro atoms. The number of hydrogen-bond donors (Lipinski definition) is 1. The summed E-state index contributed by atoms with van der Waals surface area (Å²) < 4.78 is 4.69. The van der Waals surface area contributed by atoms with E-state index in [9.17, 15) is 14.4 Å². The van der Waals surface area contributed by atoms with Crippen LogP contribution in [0.1, 0.15) is 26.7 Å². The van der Waals surface area contributed by atoms with E-state index < -0.39 is 23.9 Å². The number of amides is 1. The molecule has 6 heteroatoms. The number of likely N-dealkylation sites (tertiary alicyclic amines) is 1. The fourth-order valence-electron chi connectivity index (χ4n) is 2.13. The van der Waals surface area contributed by atoms with Crippen LogP contribution < -0.4 is 0 Å². The quantitative estimate of drug-likeness (QED) is 0.725. The average molecular weight is 257 g/mol. The lowest BCUT2D eigenvalue weighted by atomic mass is 10.0. The highest BCUT2D eigenvalue weighted by Gasteiger charge is 2.41. The molecule has 1 fully saturated rings. The van der Waals surface area contributed by atoms with Crippen LogP contribution in [0.5, 0.6) is 0 Å². The van der Waals surface area contributed by atoms with Gasteiger partial charge in [-0.05, 0) is 12.3 Å². The van der Waals surface area contributed by atoms with Gasteiger partial charge in [-0.1, -0.05) is 13.8 Å². The Morgan fingerprint density at radius 2 is 2.11 bits per heavy atom. The molecule has 2 unspecified atom stereocenters. The summed E-state index contributed by atoms with van der Waals surface area (Å²) in [6.07, 6.45) is 0.436. The lowest BCUT2D eigenvalue weighted by Gasteiger charge is -2.27. The van der Waals surface area contributed by atoms with Crippen molar-refractivity contribution in [1.29, 1.82) is 0 Å². The van der Waals surface area contributed by atoms with Gasteiger partial charge in [-0.15, -0.1) is 0 Å². The summed E-state index contributed by atoms with van der Waals surface area (Å²) >= 11 is 0. The van der Waals surface area contributed by atoms with Crippen molar-refractivity contribution in [3.05, 3.63) is 0 Å². The van der Waals surface area contributed by atoms with E-state index >= 15 is 0 Å². The Labute approximate surface area is 106 Å². The molecule has 0 aromatic rings. The van der Waals surface area contributed by atoms with Crippen LogP contribution >= 0.6 is 0 Å². The lowest BCUT2D eigenvalue weighted by Crippen LogP contribution is -2.44. The Kier molecular flexibility index (Phi) is 4.69. The van der Waals surface area contributed by atoms with Crippen LogP contribution in [0.25, 0.3) is 0 Å². The maximum atomic E-state index is 11.8. The van der Waals surface area contributed by atoms with Crippen molar-refractivity contribution in [3.8, 4) is 0 Å². The maximum Gasteiger partial charge on any atom is 0.328 e. The first-order valence-electron chi connectivity index (χ1n) is 5.96. The van der Waals surface area contributed by atoms with E-state index in [0.29, 0.717) is 6.42 Å². The number of esters is 1. The van der Waals surface area contributed by atoms with Gasteiger partial charge in [0.05, 0.1) is 13.0 Å². The van der Waals surface area contributed by atoms with Crippen LogP contribution in [0, 0.1) is 11.8 Å². The first kappa shape index (κ1) is 14.5. The van der Waals surface area contributed by atoms with E-state index in [2.05, 4.69) is 4.74 Å². The third-order valence-electron chi connectivity index (χ3n) is 3.05. The standard InChI is InChI=1S/C12H19NO5/c1-7(2)4-9(12(17)18-3)13-6-8(11(15)16)5-10(13)14/h7-9H,4-6H2,1-3H3,(H,15,16). The molecule has 1 saturated heterocycles. The van der Waals surface area contributed by atoms with Crippen molar-refractivity contribution in [2.75, 3.05) is 13.7 Å². The van der Waals surface area contributed by atoms with E-state index in [1.165, 1.54) is 12.0 Å². The van der Waals surface area contributed by atoms with E-state index in [1.54, 1.807) is 0 Å². The molecule has 0 aliphatic carbocycles. The summed E-state index contributed by atoms with van der Waals surface area (Å²) in [5.74, 6) is -2.29. The van der Waals surface area contributed by atoms with Crippen molar-refractivity contribution >= 4 is 17.8 Å². The molecule has 1 heterocycles. The van der Waals surface area contributed by atoms with Crippen LogP contribution in [0.15, 0.2) is 0 Å². The molecule has 1 amide bonds. The van der Waals surface area contributed by atoms with Crippen LogP contribution in [0.4, 0.5) is 0 Å². The largest absolute Gasteiger partial charge is 0.481 e. The van der Waals surface area contributed by atoms with Crippen molar-refractivity contribution in [2.45, 2.75) is 32.7 Å². The molecule has 0 saturated carbocycles. The van der Waals surface area contributed by atoms with E-state index in [0.717, 1.165) is 0 Å². The second kappa shape index (κ2) is 5.84. The van der Waals surface area contributed by atoms with E-state index in [4.69, 9.17) is 5.11 Å². The molecule has 1 N–H and O–H groups in total. The molecule has 1 rings (SSSR count). The molecule has 102 valence electrons. The highest BCUT2D eigenvalue weighted by Crippen LogP contribution is 2.24. The number of ether oxygens (including phenoxy) is 1. The predicted molar refractivity (Wildman–Crippen MR) is 62.7 cm³/mol. The molecule has 0 aromatic carbocycles. The van der Waals surface area contributed by atoms with E-state index in [1.807, 2.05) is 13.8 Å². The summed E-state index contributed by atoms with van der Waals surface area (Å²) in [6, 6.07) is -0.674. The summed E-state index contributed by atoms with van der Waals surface area (Å²) in [7, 11) is 1.27. The number of carboxylic acids is 1. The molecule has 2 atom stereocenters. The van der Waals surface area contributed by atoms with Crippen molar-refractivity contribution in [3.63, 3.8) is 0 Å². The SMILES string of the molecule is COC(=O)C(CC(C)C)N1CC(C(=O)O)CC1=O. The highest BCUT2D eigenvalue weighted by molar-refractivity contribution is 5.90. The molecule has 6 nitrogen and oxygen atoms in total. The molecule has 18 heavy (non-hydrogen) atoms. The average Bonchev–Trinajstić information content (AvgIpc) is 2.67. The van der Waals surface area contributed by atoms with Gasteiger partial charge in [0.2, 0.25) is 5.91 Å². The van der Waals surface area contributed by atoms with Gasteiger partial charge in [0.25, 0.3) is 0 Å². The van der Waals surface area contributed by atoms with Crippen LogP contribution in [-0.4, -0.2) is 47.5 Å². The predicted octanol–water partition coefficient (Wildman–Crippen LogP) is 0.507. The van der Waals surface area contributed by atoms with Gasteiger partial charge in [0, 0.05) is 13.0 Å². The Balaban J connectivity index is 2.83. The van der Waals surface area contributed by atoms with Gasteiger partial charge in [0.1, 0.15) is 6.04 Å². The molecule has 0 bridgehead atoms. The zero-order valence-corrected chi connectivity index (χ0v) is 10.9. The van der Waals surface area contributed by atoms with Gasteiger partial charge in [-0.3, -0.25) is 9.59 Å². The number of hydrogen-bond acceptors (Lipinski definition) is 4. The van der Waals surface area contributed by atoms with Gasteiger partial charge < -0.3 is 14.7 Å². The number of carbonyl (C=O) groups is 3. The number of carboxylic acid groups (broad SMARTS) is 1. The Morgan fingerprint density at radius 3 is 2.50 bits per heavy atom. The van der Waals surface area contributed by atoms with Gasteiger partial charge in [-0.25, -0.2) is 4.79 Å². The highest BCUT2D eigenvalue weighted by atomic mass is 16.5. The minimum Gasteiger partial charge on any atom is -0.481 e. The van der Waals surface area contributed by atoms with Crippen molar-refractivity contribution < 1.29 is 24.2 Å². The first-order chi connectivity index (χ1) is 8.36. The topological polar surface area (TPSA) is 83.9 Å². The Bertz CT molecular complexity index is 352. The molecular weight excluding hydrogens is 238 g/mol. The summed E-state index contributed by atoms with van der Waals surface area (Å²) in [6.45, 7) is 3.96. The summed E-state index contributed by atoms with van der Waals surface area (Å²) in [4.78, 5) is 35.7. The minimum atomic E-state index is -1.00. The zero-order chi connectivity index (χ0) is 13.9. The monoisotopic (exact) mass is 257 g/mol. The molecule has 1 aliphatic heterocycles. The molecule has 1 aliphatic rings. The summed E-state index contributed by atoms with van der Waals surface area (Å²) in [5.41, 5.74) is 0. The van der Waals surface area contributed by atoms with Gasteiger partial charge in [-0.2, -0.15) is 0 Å². The number of nitrogens with zero attached hydrogens (tertiary/aromatic N) is 1. The zero-order valence-electron chi connectivity index (χ0n) is 10.9. The normalized spacial score (nSPS) is 21.2. The fourth-order valence-corrected chi connectivity index (χ4v) is 2.13. The maximum absolute atomic E-state index is 11.8. The number of aliphatic carboxylic acids is 1. The first-order valence-corrected chi connectivity index (χ1v) is 5.96. The van der Waals surface area contributed by atoms with Crippen LogP contribution in [-0.2, 0) is 19.1 Å². The lowest BCUT2D eigenvalue weighted by molar-refractivity contribution is -0.152. The fraction of sp³-hybridized carbons (Fsp3) is 0.750. The number of carbonyl (C=O) groups excluding carboxylic acids is 2. The summed E-state index contributed by atoms with van der Waals surface area (Å²) in [5, 5.41) is 8.91. The second-order valence-corrected chi connectivity index (χ2v) is 4.95. The molecule has 0 radical (unpaired) electrons. The Morgan fingerprint density at radius 1 is 1.50 bits per heavy atom. The van der Waals surface area contributed by atoms with Crippen LogP contribution in [0.2, 0.25) is 0 Å². The van der Waals surface area contributed by atoms with Gasteiger partial charge in [0.15, 0.2) is 0 Å². The van der Waals surface area contributed by atoms with Crippen LogP contribution in [0.3, 0.4) is 0 Å². The number of methoxy groups -OCH3 is 1. The second-order valence-electron chi connectivity index (χ2n) is 4.95. The Hall–Kier alpha value is -1.59. The number of rotatable bonds is 5. The van der Waals surface area contributed by atoms with Gasteiger partial charge >= 0.3 is 11.9 Å².